The van der Waals surface area contributed by atoms with Crippen LogP contribution in [0.5, 0.6) is 0 Å². The van der Waals surface area contributed by atoms with Crippen molar-refractivity contribution < 1.29 is 33.0 Å². The second-order valence-electron chi connectivity index (χ2n) is 17.7. The molecule has 1 N–H and O–H groups in total. The topological polar surface area (TPSA) is 153 Å². The molecule has 64 heavy (non-hydrogen) atoms. The Hall–Kier alpha value is -5.60. The van der Waals surface area contributed by atoms with Crippen molar-refractivity contribution in [3.63, 3.8) is 0 Å². The van der Waals surface area contributed by atoms with Crippen LogP contribution in [-0.4, -0.2) is 68.0 Å². The Morgan fingerprint density at radius 3 is 2.41 bits per heavy atom. The number of aliphatic hydroxyl groups excluding tert-OH is 1. The number of nitrogens with zero attached hydrogens (tertiary/aromatic N) is 6. The molecule has 2 aliphatic heterocycles. The van der Waals surface area contributed by atoms with Crippen molar-refractivity contribution >= 4 is 63.3 Å². The van der Waals surface area contributed by atoms with Gasteiger partial charge in [0.2, 0.25) is 5.91 Å². The number of ether oxygens (including phenoxy) is 1. The van der Waals surface area contributed by atoms with Crippen molar-refractivity contribution in [2.24, 2.45) is 5.41 Å². The number of amides is 2. The zero-order valence-electron chi connectivity index (χ0n) is 36.9. The number of carbonyl (C=O) groups excluding carboxylic acids is 3. The number of carbonyl (C=O) groups is 3. The third kappa shape index (κ3) is 9.87. The van der Waals surface area contributed by atoms with Crippen LogP contribution in [0.3, 0.4) is 0 Å². The van der Waals surface area contributed by atoms with E-state index >= 15 is 4.39 Å². The number of halogens is 4. The Balaban J connectivity index is 0.000000418. The van der Waals surface area contributed by atoms with Crippen LogP contribution in [0.15, 0.2) is 48.5 Å². The smallest absolute Gasteiger partial charge is 0.410 e. The first kappa shape index (κ1) is 47.9. The summed E-state index contributed by atoms with van der Waals surface area (Å²) in [6.07, 6.45) is 5.00. The third-order valence-corrected chi connectivity index (χ3v) is 12.8. The van der Waals surface area contributed by atoms with Crippen molar-refractivity contribution in [3.05, 3.63) is 98.3 Å². The van der Waals surface area contributed by atoms with Crippen LogP contribution in [0.2, 0.25) is 10.0 Å². The van der Waals surface area contributed by atoms with Crippen molar-refractivity contribution in [1.82, 2.24) is 19.4 Å². The Labute approximate surface area is 382 Å². The van der Waals surface area contributed by atoms with Crippen molar-refractivity contribution in [1.29, 1.82) is 10.5 Å². The molecule has 3 aliphatic rings. The average molecular weight is 914 g/mol. The first-order chi connectivity index (χ1) is 30.4. The predicted molar refractivity (Wildman–Crippen MR) is 243 cm³/mol. The molecule has 336 valence electrons. The van der Waals surface area contributed by atoms with Crippen LogP contribution < -0.4 is 0 Å². The van der Waals surface area contributed by atoms with Crippen molar-refractivity contribution in [3.8, 4) is 23.3 Å². The maximum absolute atomic E-state index is 17.1. The minimum absolute atomic E-state index is 0.151. The van der Waals surface area contributed by atoms with E-state index in [0.29, 0.717) is 65.3 Å². The lowest BCUT2D eigenvalue weighted by Gasteiger charge is -2.30. The van der Waals surface area contributed by atoms with E-state index in [4.69, 9.17) is 48.1 Å². The molecule has 11 nitrogen and oxygen atoms in total. The summed E-state index contributed by atoms with van der Waals surface area (Å²) in [6.45, 7) is 12.3. The number of benzene rings is 3. The standard InChI is InChI=1S/C39H42Cl2FN5O3.C8H6FNO.C2H4O/c1-22-26-20-30(29-12-8-17-46(29)36(48)39(5)14-15-39)47(24-13-18-45(21-24)37(49)50-38(2,3)4)35(26)27-19-23(9-7-16-43)31(33(42)34(27)44-22)25-10-6-11-28(40)32(25)41;9-8-2-1-6(5-11)7(3-8)4-10;1-2-3/h6,10-11,19-20,24,29H,7-9,12-15,17-18,21H2,1-5H3;1-3,11H,5H2;2H,1H3. The molecule has 5 aromatic rings. The predicted octanol–water partition coefficient (Wildman–Crippen LogP) is 11.1. The lowest BCUT2D eigenvalue weighted by molar-refractivity contribution is -0.137. The number of fused-ring (bicyclic) bond motifs is 3. The Morgan fingerprint density at radius 2 is 1.77 bits per heavy atom. The number of pyridine rings is 1. The molecule has 0 radical (unpaired) electrons. The van der Waals surface area contributed by atoms with Crippen LogP contribution in [-0.2, 0) is 27.4 Å². The Kier molecular flexibility index (Phi) is 14.7. The fourth-order valence-electron chi connectivity index (χ4n) is 8.63. The third-order valence-electron chi connectivity index (χ3n) is 12.0. The molecule has 2 saturated heterocycles. The van der Waals surface area contributed by atoms with Crippen molar-refractivity contribution in [2.75, 3.05) is 19.6 Å². The zero-order valence-corrected chi connectivity index (χ0v) is 38.4. The number of aryl methyl sites for hydroxylation is 2. The van der Waals surface area contributed by atoms with Gasteiger partial charge in [-0.3, -0.25) is 4.79 Å². The molecule has 2 amide bonds. The molecular formula is C49H52Cl2F2N6O5. The highest BCUT2D eigenvalue weighted by Gasteiger charge is 2.50. The first-order valence-electron chi connectivity index (χ1n) is 21.4. The van der Waals surface area contributed by atoms with Gasteiger partial charge in [-0.2, -0.15) is 10.5 Å². The molecule has 3 fully saturated rings. The van der Waals surface area contributed by atoms with Gasteiger partial charge < -0.3 is 29.0 Å². The summed E-state index contributed by atoms with van der Waals surface area (Å²) in [5.41, 5.74) is 3.69. The second kappa shape index (κ2) is 19.6. The van der Waals surface area contributed by atoms with Gasteiger partial charge in [-0.1, -0.05) is 48.3 Å². The minimum Gasteiger partial charge on any atom is -0.444 e. The summed E-state index contributed by atoms with van der Waals surface area (Å²) in [7, 11) is 0. The number of rotatable bonds is 7. The van der Waals surface area contributed by atoms with Gasteiger partial charge in [-0.25, -0.2) is 18.6 Å². The van der Waals surface area contributed by atoms with E-state index in [0.717, 1.165) is 54.6 Å². The maximum Gasteiger partial charge on any atom is 0.410 e. The molecule has 3 aromatic carbocycles. The van der Waals surface area contributed by atoms with Gasteiger partial charge in [0.05, 0.1) is 52.0 Å². The molecule has 2 unspecified atom stereocenters. The number of likely N-dealkylation sites (tertiary alicyclic amines) is 2. The van der Waals surface area contributed by atoms with Gasteiger partial charge in [0.15, 0.2) is 5.82 Å². The monoisotopic (exact) mass is 912 g/mol. The van der Waals surface area contributed by atoms with E-state index in [1.54, 1.807) is 29.2 Å². The number of hydrogen-bond donors (Lipinski definition) is 1. The van der Waals surface area contributed by atoms with Crippen LogP contribution in [0, 0.1) is 46.6 Å². The molecule has 4 heterocycles. The number of nitriles is 2. The van der Waals surface area contributed by atoms with Gasteiger partial charge in [0.1, 0.15) is 23.2 Å². The summed E-state index contributed by atoms with van der Waals surface area (Å²) >= 11 is 13.1. The van der Waals surface area contributed by atoms with Crippen LogP contribution in [0.1, 0.15) is 113 Å². The van der Waals surface area contributed by atoms with Gasteiger partial charge in [-0.05, 0) is 115 Å². The van der Waals surface area contributed by atoms with E-state index in [9.17, 15) is 19.2 Å². The number of aromatic nitrogens is 2. The Morgan fingerprint density at radius 1 is 1.05 bits per heavy atom. The molecule has 2 aromatic heterocycles. The van der Waals surface area contributed by atoms with Gasteiger partial charge in [0.25, 0.3) is 0 Å². The largest absolute Gasteiger partial charge is 0.444 e. The van der Waals surface area contributed by atoms with Gasteiger partial charge in [-0.15, -0.1) is 0 Å². The average Bonchev–Trinajstić information content (AvgIpc) is 3.61. The van der Waals surface area contributed by atoms with E-state index in [1.165, 1.54) is 19.1 Å². The molecule has 2 atom stereocenters. The van der Waals surface area contributed by atoms with Crippen molar-refractivity contribution in [2.45, 2.75) is 111 Å². The summed E-state index contributed by atoms with van der Waals surface area (Å²) in [5, 5.41) is 28.7. The SMILES string of the molecule is CC=O.Cc1nc2c(F)c(-c3cccc(Cl)c3Cl)c(CCC#N)cc2c2c1cc(C1CCCN1C(=O)C1(C)CC1)n2C1CCN(C(=O)OC(C)(C)C)C1.N#Cc1cc(F)ccc1CO. The lowest BCUT2D eigenvalue weighted by Crippen LogP contribution is -2.37. The molecule has 1 saturated carbocycles. The maximum atomic E-state index is 17.1. The molecule has 15 heteroatoms. The summed E-state index contributed by atoms with van der Waals surface area (Å²) in [4.78, 5) is 44.6. The normalized spacial score (nSPS) is 17.5. The van der Waals surface area contributed by atoms with Crippen LogP contribution in [0.25, 0.3) is 32.9 Å². The van der Waals surface area contributed by atoms with Gasteiger partial charge >= 0.3 is 6.09 Å². The number of hydrogen-bond acceptors (Lipinski definition) is 8. The highest BCUT2D eigenvalue weighted by atomic mass is 35.5. The molecule has 0 spiro atoms. The fraction of sp³-hybridized carbons (Fsp3) is 0.429. The highest BCUT2D eigenvalue weighted by molar-refractivity contribution is 6.43. The second-order valence-corrected chi connectivity index (χ2v) is 18.5. The van der Waals surface area contributed by atoms with Crippen LogP contribution in [0.4, 0.5) is 13.6 Å². The highest BCUT2D eigenvalue weighted by Crippen LogP contribution is 2.50. The quantitative estimate of drug-likeness (QED) is 0.158. The lowest BCUT2D eigenvalue weighted by atomic mass is 9.93. The Bertz CT molecular complexity index is 2700. The van der Waals surface area contributed by atoms with E-state index in [1.807, 2.05) is 45.6 Å². The van der Waals surface area contributed by atoms with E-state index in [-0.39, 0.29) is 64.2 Å². The van der Waals surface area contributed by atoms with E-state index in [2.05, 4.69) is 16.7 Å². The van der Waals surface area contributed by atoms with Crippen LogP contribution >= 0.6 is 23.2 Å². The summed E-state index contributed by atoms with van der Waals surface area (Å²) in [6, 6.07) is 16.6. The molecule has 0 bridgehead atoms. The van der Waals surface area contributed by atoms with Gasteiger partial charge in [0, 0.05) is 64.8 Å². The number of aliphatic hydroxyl groups is 1. The summed E-state index contributed by atoms with van der Waals surface area (Å²) in [5.74, 6) is -0.801. The minimum atomic E-state index is -0.635. The zero-order chi connectivity index (χ0) is 46.7. The number of aldehydes is 1. The molecule has 8 rings (SSSR count). The fourth-order valence-corrected chi connectivity index (χ4v) is 9.03. The molecular weight excluding hydrogens is 861 g/mol. The first-order valence-corrected chi connectivity index (χ1v) is 22.1. The summed E-state index contributed by atoms with van der Waals surface area (Å²) < 4.78 is 37.6. The van der Waals surface area contributed by atoms with E-state index < -0.39 is 17.2 Å². The molecule has 1 aliphatic carbocycles.